The Morgan fingerprint density at radius 1 is 0.569 bits per heavy atom. The van der Waals surface area contributed by atoms with Gasteiger partial charge in [-0.1, -0.05) is 18.2 Å². The number of esters is 1. The first-order valence-electron chi connectivity index (χ1n) is 19.2. The van der Waals surface area contributed by atoms with Crippen molar-refractivity contribution in [2.75, 3.05) is 144 Å². The summed E-state index contributed by atoms with van der Waals surface area (Å²) >= 11 is 0. The Kier molecular flexibility index (Phi) is 26.5. The van der Waals surface area contributed by atoms with Gasteiger partial charge in [-0.25, -0.2) is 9.59 Å². The van der Waals surface area contributed by atoms with Crippen LogP contribution in [0.1, 0.15) is 36.7 Å². The van der Waals surface area contributed by atoms with Crippen LogP contribution in [0.4, 0.5) is 29.3 Å². The summed E-state index contributed by atoms with van der Waals surface area (Å²) in [6.07, 6.45) is -4.86. The minimum atomic E-state index is -4.48. The number of rotatable bonds is 33. The van der Waals surface area contributed by atoms with Gasteiger partial charge in [0.1, 0.15) is 12.2 Å². The molecule has 0 aromatic heterocycles. The number of hydrogen-bond acceptors (Lipinski definition) is 14. The lowest BCUT2D eigenvalue weighted by molar-refractivity contribution is -0.137. The number of ether oxygens (including phenoxy) is 11. The van der Waals surface area contributed by atoms with Gasteiger partial charge in [0.05, 0.1) is 136 Å². The predicted molar refractivity (Wildman–Crippen MR) is 208 cm³/mol. The molecule has 2 aromatic carbocycles. The van der Waals surface area contributed by atoms with Crippen molar-refractivity contribution in [1.82, 2.24) is 4.90 Å². The van der Waals surface area contributed by atoms with Gasteiger partial charge in [0, 0.05) is 19.3 Å². The van der Waals surface area contributed by atoms with E-state index < -0.39 is 23.3 Å². The molecular formula is C40H61F3N2O13. The van der Waals surface area contributed by atoms with Gasteiger partial charge in [0.2, 0.25) is 0 Å². The molecule has 2 aromatic rings. The van der Waals surface area contributed by atoms with E-state index in [2.05, 4.69) is 5.32 Å². The Labute approximate surface area is 339 Å². The second-order valence-corrected chi connectivity index (χ2v) is 13.3. The minimum Gasteiger partial charge on any atom is -0.460 e. The van der Waals surface area contributed by atoms with Crippen LogP contribution in [0.5, 0.6) is 0 Å². The maximum atomic E-state index is 13.1. The van der Waals surface area contributed by atoms with Crippen molar-refractivity contribution in [2.24, 2.45) is 0 Å². The smallest absolute Gasteiger partial charge is 0.416 e. The summed E-state index contributed by atoms with van der Waals surface area (Å²) < 4.78 is 98.9. The third-order valence-corrected chi connectivity index (χ3v) is 7.33. The first kappa shape index (κ1) is 50.6. The van der Waals surface area contributed by atoms with Gasteiger partial charge in [0.15, 0.2) is 0 Å². The summed E-state index contributed by atoms with van der Waals surface area (Å²) in [6, 6.07) is 11.1. The van der Waals surface area contributed by atoms with E-state index in [1.165, 1.54) is 23.1 Å². The average Bonchev–Trinajstić information content (AvgIpc) is 3.17. The first-order chi connectivity index (χ1) is 27.9. The van der Waals surface area contributed by atoms with Gasteiger partial charge >= 0.3 is 18.2 Å². The Balaban J connectivity index is 1.29. The Bertz CT molecular complexity index is 1380. The van der Waals surface area contributed by atoms with Gasteiger partial charge in [-0.05, 0) is 51.1 Å². The number of nitrogens with zero attached hydrogens (tertiary/aromatic N) is 1. The fourth-order valence-electron chi connectivity index (χ4n) is 4.46. The molecule has 1 N–H and O–H groups in total. The van der Waals surface area contributed by atoms with Crippen LogP contribution in [0, 0.1) is 0 Å². The molecule has 0 saturated carbocycles. The van der Waals surface area contributed by atoms with E-state index in [4.69, 9.17) is 52.1 Å². The summed E-state index contributed by atoms with van der Waals surface area (Å²) in [5.74, 6) is -0.633. The molecule has 0 heterocycles. The monoisotopic (exact) mass is 834 g/mol. The van der Waals surface area contributed by atoms with Crippen LogP contribution in [-0.2, 0) is 58.3 Å². The van der Waals surface area contributed by atoms with Crippen LogP contribution in [0.25, 0.3) is 0 Å². The van der Waals surface area contributed by atoms with Gasteiger partial charge in [0.25, 0.3) is 0 Å². The summed E-state index contributed by atoms with van der Waals surface area (Å²) in [5, 5.41) is 2.86. The molecule has 0 fully saturated rings. The normalized spacial score (nSPS) is 11.8. The molecule has 0 spiro atoms. The number of amides is 1. The average molecular weight is 835 g/mol. The number of anilines is 2. The van der Waals surface area contributed by atoms with Gasteiger partial charge in [-0.3, -0.25) is 0 Å². The highest BCUT2D eigenvalue weighted by atomic mass is 19.4. The van der Waals surface area contributed by atoms with E-state index in [1.807, 2.05) is 20.8 Å². The molecule has 0 aliphatic heterocycles. The van der Waals surface area contributed by atoms with Crippen molar-refractivity contribution in [3.8, 4) is 0 Å². The Morgan fingerprint density at radius 2 is 0.983 bits per heavy atom. The molecular weight excluding hydrogens is 773 g/mol. The predicted octanol–water partition coefficient (Wildman–Crippen LogP) is 5.62. The molecule has 0 aliphatic carbocycles. The summed E-state index contributed by atoms with van der Waals surface area (Å²) in [6.45, 7) is 13.1. The number of halogens is 3. The summed E-state index contributed by atoms with van der Waals surface area (Å²) in [4.78, 5) is 25.9. The highest BCUT2D eigenvalue weighted by Gasteiger charge is 2.30. The number of likely N-dealkylation sites (N-methyl/N-ethyl adjacent to an activating group) is 1. The molecule has 0 bridgehead atoms. The van der Waals surface area contributed by atoms with Crippen molar-refractivity contribution in [3.05, 3.63) is 59.7 Å². The quantitative estimate of drug-likeness (QED) is 0.0700. The van der Waals surface area contributed by atoms with Crippen LogP contribution < -0.4 is 5.32 Å². The number of carbonyl (C=O) groups excluding carboxylic acids is 2. The minimum absolute atomic E-state index is 0.00784. The van der Waals surface area contributed by atoms with Crippen molar-refractivity contribution in [2.45, 2.75) is 32.5 Å². The van der Waals surface area contributed by atoms with Gasteiger partial charge in [-0.2, -0.15) is 13.2 Å². The van der Waals surface area contributed by atoms with Crippen LogP contribution in [0.2, 0.25) is 0 Å². The highest BCUT2D eigenvalue weighted by molar-refractivity contribution is 5.96. The number of nitrogens with one attached hydrogen (secondary N) is 1. The molecule has 2 rings (SSSR count). The van der Waals surface area contributed by atoms with E-state index >= 15 is 0 Å². The Morgan fingerprint density at radius 3 is 1.41 bits per heavy atom. The number of para-hydroxylation sites is 1. The molecule has 330 valence electrons. The molecule has 0 saturated heterocycles. The topological polar surface area (TPSA) is 151 Å². The number of carbonyl (C=O) groups is 2. The van der Waals surface area contributed by atoms with Crippen molar-refractivity contribution >= 4 is 23.4 Å². The van der Waals surface area contributed by atoms with E-state index in [-0.39, 0.29) is 30.6 Å². The van der Waals surface area contributed by atoms with Gasteiger partial charge < -0.3 is 62.3 Å². The molecule has 15 nitrogen and oxygen atoms in total. The van der Waals surface area contributed by atoms with E-state index in [0.29, 0.717) is 125 Å². The molecule has 0 aliphatic rings. The highest BCUT2D eigenvalue weighted by Crippen LogP contribution is 2.32. The molecule has 18 heteroatoms. The second-order valence-electron chi connectivity index (χ2n) is 13.3. The zero-order valence-electron chi connectivity index (χ0n) is 34.1. The van der Waals surface area contributed by atoms with Crippen molar-refractivity contribution < 1.29 is 74.9 Å². The fraction of sp³-hybridized carbons (Fsp3) is 0.650. The maximum Gasteiger partial charge on any atom is 0.416 e. The van der Waals surface area contributed by atoms with Gasteiger partial charge in [-0.15, -0.1) is 0 Å². The van der Waals surface area contributed by atoms with E-state index in [0.717, 1.165) is 12.1 Å². The molecule has 0 radical (unpaired) electrons. The third-order valence-electron chi connectivity index (χ3n) is 7.33. The number of alkyl halides is 3. The van der Waals surface area contributed by atoms with Crippen LogP contribution in [0.15, 0.2) is 48.5 Å². The fourth-order valence-corrected chi connectivity index (χ4v) is 4.46. The molecule has 0 unspecified atom stereocenters. The van der Waals surface area contributed by atoms with Crippen LogP contribution in [-0.4, -0.2) is 162 Å². The largest absolute Gasteiger partial charge is 0.460 e. The number of hydrogen-bond donors (Lipinski definition) is 1. The standard InChI is InChI=1S/C40H61F3N2O13/c1-39(2,3)58-38(47)45(4)12-13-48-14-15-49-16-17-50-18-19-51-20-21-52-22-23-53-24-25-54-26-27-55-28-29-56-30-31-57-37(46)35-10-5-6-11-36(35)44-34-9-7-8-33(32-34)40(41,42)43/h5-11,32,44H,12-31H2,1-4H3. The summed E-state index contributed by atoms with van der Waals surface area (Å²) in [5.41, 5.74) is -0.634. The number of benzene rings is 2. The van der Waals surface area contributed by atoms with Crippen LogP contribution >= 0.6 is 0 Å². The lowest BCUT2D eigenvalue weighted by Crippen LogP contribution is -2.36. The molecule has 58 heavy (non-hydrogen) atoms. The van der Waals surface area contributed by atoms with E-state index in [1.54, 1.807) is 25.2 Å². The third kappa shape index (κ3) is 25.7. The maximum absolute atomic E-state index is 13.1. The zero-order chi connectivity index (χ0) is 42.3. The van der Waals surface area contributed by atoms with Crippen molar-refractivity contribution in [1.29, 1.82) is 0 Å². The summed E-state index contributed by atoms with van der Waals surface area (Å²) in [7, 11) is 1.67. The Hall–Kier alpha value is -3.59. The second kappa shape index (κ2) is 30.5. The molecule has 1 amide bonds. The lowest BCUT2D eigenvalue weighted by atomic mass is 10.1. The molecule has 0 atom stereocenters. The van der Waals surface area contributed by atoms with E-state index in [9.17, 15) is 22.8 Å². The zero-order valence-corrected chi connectivity index (χ0v) is 34.1. The SMILES string of the molecule is CN(CCOCCOCCOCCOCCOCCOCCOCCOCCOCCOC(=O)c1ccccc1Nc1cccc(C(F)(F)F)c1)C(=O)OC(C)(C)C. The lowest BCUT2D eigenvalue weighted by Gasteiger charge is -2.24. The van der Waals surface area contributed by atoms with Crippen molar-refractivity contribution in [3.63, 3.8) is 0 Å². The first-order valence-corrected chi connectivity index (χ1v) is 19.2. The van der Waals surface area contributed by atoms with Crippen LogP contribution in [0.3, 0.4) is 0 Å².